The minimum atomic E-state index is -0.339. The monoisotopic (exact) mass is 336 g/mol. The number of aromatic nitrogens is 4. The predicted molar refractivity (Wildman–Crippen MR) is 80.4 cm³/mol. The van der Waals surface area contributed by atoms with Crippen molar-refractivity contribution in [3.05, 3.63) is 30.1 Å². The van der Waals surface area contributed by atoms with Crippen molar-refractivity contribution in [2.45, 2.75) is 25.1 Å². The van der Waals surface area contributed by atoms with Crippen molar-refractivity contribution in [2.24, 2.45) is 0 Å². The molecule has 1 saturated heterocycles. The third kappa shape index (κ3) is 3.96. The van der Waals surface area contributed by atoms with E-state index in [2.05, 4.69) is 20.8 Å². The molecule has 1 aliphatic heterocycles. The van der Waals surface area contributed by atoms with E-state index < -0.39 is 0 Å². The minimum absolute atomic E-state index is 0.0594. The van der Waals surface area contributed by atoms with E-state index in [0.717, 1.165) is 0 Å². The molecule has 0 saturated carbocycles. The molecule has 2 heterocycles. The second-order valence-electron chi connectivity index (χ2n) is 5.34. The topological polar surface area (TPSA) is 117 Å². The molecule has 0 aliphatic carbocycles. The van der Waals surface area contributed by atoms with E-state index in [4.69, 9.17) is 15.2 Å². The molecular formula is C14H17FN6O3. The number of tetrazole rings is 1. The number of amides is 1. The number of carbonyl (C=O) groups excluding carboxylic acids is 1. The first kappa shape index (κ1) is 16.1. The van der Waals surface area contributed by atoms with Gasteiger partial charge in [0, 0.05) is 6.42 Å². The van der Waals surface area contributed by atoms with Gasteiger partial charge in [-0.3, -0.25) is 4.79 Å². The summed E-state index contributed by atoms with van der Waals surface area (Å²) in [5.74, 6) is -0.0492. The molecule has 0 bridgehead atoms. The molecule has 10 heteroatoms. The highest BCUT2D eigenvalue weighted by Gasteiger charge is 2.29. The van der Waals surface area contributed by atoms with E-state index >= 15 is 0 Å². The van der Waals surface area contributed by atoms with Gasteiger partial charge in [-0.15, -0.1) is 0 Å². The number of benzene rings is 1. The molecule has 1 aromatic heterocycles. The maximum absolute atomic E-state index is 13.0. The molecule has 0 radical (unpaired) electrons. The fourth-order valence-corrected chi connectivity index (χ4v) is 2.39. The molecule has 2 atom stereocenters. The van der Waals surface area contributed by atoms with Crippen LogP contribution >= 0.6 is 0 Å². The number of ether oxygens (including phenoxy) is 2. The average molecular weight is 336 g/mol. The number of hydrogen-bond donors (Lipinski definition) is 2. The van der Waals surface area contributed by atoms with Gasteiger partial charge < -0.3 is 20.5 Å². The zero-order valence-corrected chi connectivity index (χ0v) is 12.8. The highest BCUT2D eigenvalue weighted by molar-refractivity contribution is 5.76. The van der Waals surface area contributed by atoms with Crippen molar-refractivity contribution in [1.29, 1.82) is 0 Å². The summed E-state index contributed by atoms with van der Waals surface area (Å²) in [6, 6.07) is 5.40. The number of nitrogens with zero attached hydrogens (tertiary/aromatic N) is 4. The quantitative estimate of drug-likeness (QED) is 0.773. The summed E-state index contributed by atoms with van der Waals surface area (Å²) < 4.78 is 25.4. The van der Waals surface area contributed by atoms with Crippen LogP contribution in [-0.2, 0) is 16.1 Å². The molecule has 0 unspecified atom stereocenters. The zero-order valence-electron chi connectivity index (χ0n) is 12.8. The van der Waals surface area contributed by atoms with E-state index in [0.29, 0.717) is 25.4 Å². The van der Waals surface area contributed by atoms with Gasteiger partial charge in [-0.1, -0.05) is 5.10 Å². The molecular weight excluding hydrogens is 319 g/mol. The van der Waals surface area contributed by atoms with Crippen LogP contribution in [0.25, 0.3) is 0 Å². The summed E-state index contributed by atoms with van der Waals surface area (Å²) in [5, 5.41) is 13.3. The first-order valence-electron chi connectivity index (χ1n) is 7.43. The Hall–Kier alpha value is -2.75. The van der Waals surface area contributed by atoms with Crippen LogP contribution in [0.5, 0.6) is 5.75 Å². The Morgan fingerprint density at radius 1 is 1.46 bits per heavy atom. The lowest BCUT2D eigenvalue weighted by atomic mass is 10.1. The molecule has 3 N–H and O–H groups in total. The number of nitrogen functional groups attached to an aromatic ring is 1. The lowest BCUT2D eigenvalue weighted by Gasteiger charge is -2.32. The molecule has 3 rings (SSSR count). The molecule has 9 nitrogen and oxygen atoms in total. The van der Waals surface area contributed by atoms with Crippen LogP contribution in [0.15, 0.2) is 24.3 Å². The lowest BCUT2D eigenvalue weighted by molar-refractivity contribution is -0.125. The third-order valence-corrected chi connectivity index (χ3v) is 3.59. The van der Waals surface area contributed by atoms with Gasteiger partial charge >= 0.3 is 0 Å². The molecule has 1 aromatic carbocycles. The number of anilines is 1. The van der Waals surface area contributed by atoms with Crippen LogP contribution < -0.4 is 15.8 Å². The van der Waals surface area contributed by atoms with Crippen molar-refractivity contribution in [2.75, 3.05) is 18.9 Å². The smallest absolute Gasteiger partial charge is 0.242 e. The normalized spacial score (nSPS) is 20.5. The summed E-state index contributed by atoms with van der Waals surface area (Å²) in [6.45, 7) is 0.749. The second-order valence-corrected chi connectivity index (χ2v) is 5.34. The minimum Gasteiger partial charge on any atom is -0.488 e. The first-order chi connectivity index (χ1) is 11.6. The molecule has 24 heavy (non-hydrogen) atoms. The molecule has 1 aliphatic rings. The molecule has 128 valence electrons. The van der Waals surface area contributed by atoms with Gasteiger partial charge in [-0.25, -0.2) is 9.07 Å². The van der Waals surface area contributed by atoms with Crippen LogP contribution in [0, 0.1) is 5.82 Å². The SMILES string of the molecule is Nc1nnnn1CC(=O)N[C@@H]1COCC[C@@H]1Oc1ccc(F)cc1. The van der Waals surface area contributed by atoms with Crippen molar-refractivity contribution in [1.82, 2.24) is 25.5 Å². The second kappa shape index (κ2) is 7.21. The van der Waals surface area contributed by atoms with Crippen LogP contribution in [0.2, 0.25) is 0 Å². The van der Waals surface area contributed by atoms with Crippen LogP contribution in [0.4, 0.5) is 10.3 Å². The van der Waals surface area contributed by atoms with Gasteiger partial charge in [0.25, 0.3) is 0 Å². The first-order valence-corrected chi connectivity index (χ1v) is 7.43. The van der Waals surface area contributed by atoms with E-state index in [1.165, 1.54) is 16.8 Å². The Labute approximate surface area is 136 Å². The Morgan fingerprint density at radius 2 is 2.25 bits per heavy atom. The third-order valence-electron chi connectivity index (χ3n) is 3.59. The van der Waals surface area contributed by atoms with Gasteiger partial charge in [0.15, 0.2) is 0 Å². The van der Waals surface area contributed by atoms with Gasteiger partial charge in [0.2, 0.25) is 11.9 Å². The fraction of sp³-hybridized carbons (Fsp3) is 0.429. The van der Waals surface area contributed by atoms with Crippen LogP contribution in [0.1, 0.15) is 6.42 Å². The summed E-state index contributed by atoms with van der Waals surface area (Å²) >= 11 is 0. The van der Waals surface area contributed by atoms with Gasteiger partial charge in [0.1, 0.15) is 24.2 Å². The Balaban J connectivity index is 1.60. The summed E-state index contributed by atoms with van der Waals surface area (Å²) in [6.07, 6.45) is 0.328. The largest absolute Gasteiger partial charge is 0.488 e. The number of rotatable bonds is 5. The molecule has 2 aromatic rings. The highest BCUT2D eigenvalue weighted by atomic mass is 19.1. The average Bonchev–Trinajstić information content (AvgIpc) is 2.96. The van der Waals surface area contributed by atoms with Crippen molar-refractivity contribution in [3.8, 4) is 5.75 Å². The standard InChI is InChI=1S/C14H17FN6O3/c15-9-1-3-10(4-2-9)24-12-5-6-23-8-11(12)17-13(22)7-21-14(16)18-19-20-21/h1-4,11-12H,5-8H2,(H,17,22)(H2,16,18,20)/t11-,12+/m1/s1. The van der Waals surface area contributed by atoms with Gasteiger partial charge in [0.05, 0.1) is 19.3 Å². The van der Waals surface area contributed by atoms with E-state index in [1.54, 1.807) is 12.1 Å². The number of nitrogens with two attached hydrogens (primary N) is 1. The highest BCUT2D eigenvalue weighted by Crippen LogP contribution is 2.18. The number of hydrogen-bond acceptors (Lipinski definition) is 7. The summed E-state index contributed by atoms with van der Waals surface area (Å²) in [7, 11) is 0. The van der Waals surface area contributed by atoms with Gasteiger partial charge in [-0.2, -0.15) is 0 Å². The van der Waals surface area contributed by atoms with E-state index in [-0.39, 0.29) is 36.4 Å². The summed E-state index contributed by atoms with van der Waals surface area (Å²) in [4.78, 5) is 12.1. The number of carbonyl (C=O) groups is 1. The van der Waals surface area contributed by atoms with Crippen molar-refractivity contribution >= 4 is 11.9 Å². The van der Waals surface area contributed by atoms with Gasteiger partial charge in [-0.05, 0) is 34.7 Å². The van der Waals surface area contributed by atoms with Crippen molar-refractivity contribution in [3.63, 3.8) is 0 Å². The Morgan fingerprint density at radius 3 is 2.96 bits per heavy atom. The van der Waals surface area contributed by atoms with Crippen LogP contribution in [-0.4, -0.2) is 51.5 Å². The Bertz CT molecular complexity index is 692. The van der Waals surface area contributed by atoms with E-state index in [9.17, 15) is 9.18 Å². The Kier molecular flexibility index (Phi) is 4.85. The van der Waals surface area contributed by atoms with E-state index in [1.807, 2.05) is 0 Å². The summed E-state index contributed by atoms with van der Waals surface area (Å²) in [5.41, 5.74) is 5.53. The fourth-order valence-electron chi connectivity index (χ4n) is 2.39. The zero-order chi connectivity index (χ0) is 16.9. The number of nitrogens with one attached hydrogen (secondary N) is 1. The molecule has 1 amide bonds. The van der Waals surface area contributed by atoms with Crippen molar-refractivity contribution < 1.29 is 18.7 Å². The lowest BCUT2D eigenvalue weighted by Crippen LogP contribution is -2.52. The maximum atomic E-state index is 13.0. The maximum Gasteiger partial charge on any atom is 0.242 e. The molecule has 1 fully saturated rings. The van der Waals surface area contributed by atoms with Crippen LogP contribution in [0.3, 0.4) is 0 Å². The predicted octanol–water partition coefficient (Wildman–Crippen LogP) is -0.253. The number of halogens is 1. The molecule has 0 spiro atoms.